The summed E-state index contributed by atoms with van der Waals surface area (Å²) in [5, 5.41) is 4.22. The number of anilines is 1. The molecule has 3 heterocycles. The number of ether oxygens (including phenoxy) is 1. The molecule has 0 spiro atoms. The van der Waals surface area contributed by atoms with Crippen LogP contribution in [-0.4, -0.2) is 21.8 Å². The zero-order chi connectivity index (χ0) is 24.7. The number of nitrogens with zero attached hydrogens (tertiary/aromatic N) is 3. The molecule has 0 aliphatic carbocycles. The smallest absolute Gasteiger partial charge is 0.174 e. The van der Waals surface area contributed by atoms with Crippen molar-refractivity contribution < 1.29 is 4.74 Å². The highest BCUT2D eigenvalue weighted by atomic mass is 32.1. The van der Waals surface area contributed by atoms with Crippen molar-refractivity contribution in [3.8, 4) is 11.4 Å². The van der Waals surface area contributed by atoms with Gasteiger partial charge in [0.05, 0.1) is 30.6 Å². The van der Waals surface area contributed by atoms with Gasteiger partial charge in [0.1, 0.15) is 5.75 Å². The second-order valence-electron chi connectivity index (χ2n) is 9.18. The lowest BCUT2D eigenvalue weighted by atomic mass is 9.96. The highest BCUT2D eigenvalue weighted by Crippen LogP contribution is 2.46. The van der Waals surface area contributed by atoms with Gasteiger partial charge >= 0.3 is 0 Å². The minimum absolute atomic E-state index is 0.0976. The summed E-state index contributed by atoms with van der Waals surface area (Å²) in [6, 6.07) is 22.8. The summed E-state index contributed by atoms with van der Waals surface area (Å²) >= 11 is 5.92. The van der Waals surface area contributed by atoms with E-state index in [9.17, 15) is 0 Å². The molecule has 1 N–H and O–H groups in total. The lowest BCUT2D eigenvalue weighted by Crippen LogP contribution is -2.30. The third kappa shape index (κ3) is 4.08. The molecule has 2 atom stereocenters. The molecule has 4 aromatic rings. The number of hydrogen-bond donors (Lipinski definition) is 1. The number of aryl methyl sites for hydroxylation is 3. The fraction of sp³-hybridized carbons (Fsp3) is 0.241. The zero-order valence-electron chi connectivity index (χ0n) is 20.7. The highest BCUT2D eigenvalue weighted by molar-refractivity contribution is 7.80. The number of para-hydroxylation sites is 2. The number of rotatable bonds is 5. The van der Waals surface area contributed by atoms with Crippen molar-refractivity contribution >= 4 is 23.0 Å². The standard InChI is InChI=1S/C29H30N4OS/c1-18-14-19(2)16-22(15-18)32-20(3)17-23(21(32)4)28-27(24-10-8-9-13-30-24)31-29(35)33(28)25-11-6-7-12-26(25)34-5/h6-17,27-28H,1-5H3,(H,31,35)/t27-,28+/m1/s1. The van der Waals surface area contributed by atoms with Gasteiger partial charge in [-0.15, -0.1) is 0 Å². The molecule has 35 heavy (non-hydrogen) atoms. The SMILES string of the molecule is COc1ccccc1N1C(=S)N[C@H](c2ccccn2)[C@@H]1c1cc(C)n(-c2cc(C)cc(C)c2)c1C. The van der Waals surface area contributed by atoms with E-state index in [-0.39, 0.29) is 12.1 Å². The van der Waals surface area contributed by atoms with E-state index in [0.29, 0.717) is 5.11 Å². The van der Waals surface area contributed by atoms with Crippen LogP contribution in [0, 0.1) is 27.7 Å². The summed E-state index contributed by atoms with van der Waals surface area (Å²) in [4.78, 5) is 6.88. The first-order valence-electron chi connectivity index (χ1n) is 11.8. The van der Waals surface area contributed by atoms with Gasteiger partial charge in [0.15, 0.2) is 5.11 Å². The number of aromatic nitrogens is 2. The van der Waals surface area contributed by atoms with Gasteiger partial charge in [0.2, 0.25) is 0 Å². The normalized spacial score (nSPS) is 17.5. The first-order valence-corrected chi connectivity index (χ1v) is 12.2. The fourth-order valence-electron chi connectivity index (χ4n) is 5.32. The molecule has 1 fully saturated rings. The van der Waals surface area contributed by atoms with Crippen LogP contribution in [0.3, 0.4) is 0 Å². The van der Waals surface area contributed by atoms with Crippen LogP contribution in [0.2, 0.25) is 0 Å². The van der Waals surface area contributed by atoms with Gasteiger partial charge in [-0.25, -0.2) is 0 Å². The molecule has 1 aliphatic rings. The summed E-state index contributed by atoms with van der Waals surface area (Å²) in [5.74, 6) is 0.784. The van der Waals surface area contributed by atoms with E-state index in [0.717, 1.165) is 17.1 Å². The quantitative estimate of drug-likeness (QED) is 0.339. The molecule has 1 aliphatic heterocycles. The van der Waals surface area contributed by atoms with Gasteiger partial charge in [-0.05, 0) is 99.1 Å². The second kappa shape index (κ2) is 9.19. The monoisotopic (exact) mass is 482 g/mol. The number of pyridine rings is 1. The van der Waals surface area contributed by atoms with Crippen molar-refractivity contribution in [2.24, 2.45) is 0 Å². The molecule has 0 amide bonds. The maximum Gasteiger partial charge on any atom is 0.174 e. The van der Waals surface area contributed by atoms with E-state index >= 15 is 0 Å². The van der Waals surface area contributed by atoms with Crippen LogP contribution in [-0.2, 0) is 0 Å². The van der Waals surface area contributed by atoms with Crippen molar-refractivity contribution in [2.45, 2.75) is 39.8 Å². The van der Waals surface area contributed by atoms with E-state index in [2.05, 4.69) is 78.9 Å². The molecular formula is C29H30N4OS. The number of hydrogen-bond acceptors (Lipinski definition) is 3. The van der Waals surface area contributed by atoms with Crippen LogP contribution >= 0.6 is 12.2 Å². The third-order valence-corrected chi connectivity index (χ3v) is 7.01. The van der Waals surface area contributed by atoms with Gasteiger partial charge < -0.3 is 19.5 Å². The van der Waals surface area contributed by atoms with Gasteiger partial charge in [-0.1, -0.05) is 24.3 Å². The Morgan fingerprint density at radius 3 is 2.31 bits per heavy atom. The van der Waals surface area contributed by atoms with E-state index < -0.39 is 0 Å². The van der Waals surface area contributed by atoms with Crippen LogP contribution in [0.15, 0.2) is 72.9 Å². The Kier molecular flexibility index (Phi) is 6.07. The number of benzene rings is 2. The average molecular weight is 483 g/mol. The number of methoxy groups -OCH3 is 1. The fourth-order valence-corrected chi connectivity index (χ4v) is 5.66. The Bertz CT molecular complexity index is 1380. The summed E-state index contributed by atoms with van der Waals surface area (Å²) in [5.41, 5.74) is 9.14. The summed E-state index contributed by atoms with van der Waals surface area (Å²) in [6.45, 7) is 8.65. The maximum absolute atomic E-state index is 5.92. The Morgan fingerprint density at radius 1 is 0.914 bits per heavy atom. The predicted molar refractivity (Wildman–Crippen MR) is 146 cm³/mol. The molecule has 178 valence electrons. The average Bonchev–Trinajstić information content (AvgIpc) is 3.33. The molecule has 2 aromatic carbocycles. The Balaban J connectivity index is 1.71. The molecule has 0 bridgehead atoms. The summed E-state index contributed by atoms with van der Waals surface area (Å²) in [6.07, 6.45) is 1.84. The number of thiocarbonyl (C=S) groups is 1. The maximum atomic E-state index is 5.92. The lowest BCUT2D eigenvalue weighted by Gasteiger charge is -2.29. The van der Waals surface area contributed by atoms with E-state index in [1.54, 1.807) is 7.11 Å². The Labute approximate surface area is 212 Å². The van der Waals surface area contributed by atoms with E-state index in [1.165, 1.54) is 33.8 Å². The molecule has 5 rings (SSSR count). The van der Waals surface area contributed by atoms with Gasteiger partial charge in [-0.2, -0.15) is 0 Å². The largest absolute Gasteiger partial charge is 0.495 e. The predicted octanol–water partition coefficient (Wildman–Crippen LogP) is 6.29. The van der Waals surface area contributed by atoms with Gasteiger partial charge in [-0.3, -0.25) is 4.98 Å². The van der Waals surface area contributed by atoms with Crippen molar-refractivity contribution in [1.29, 1.82) is 0 Å². The van der Waals surface area contributed by atoms with Crippen LogP contribution < -0.4 is 15.0 Å². The Hall–Kier alpha value is -3.64. The van der Waals surface area contributed by atoms with Gasteiger partial charge in [0.25, 0.3) is 0 Å². The minimum Gasteiger partial charge on any atom is -0.495 e. The lowest BCUT2D eigenvalue weighted by molar-refractivity contribution is 0.414. The van der Waals surface area contributed by atoms with Crippen molar-refractivity contribution in [1.82, 2.24) is 14.9 Å². The molecule has 0 saturated carbocycles. The van der Waals surface area contributed by atoms with Crippen molar-refractivity contribution in [2.75, 3.05) is 12.0 Å². The third-order valence-electron chi connectivity index (χ3n) is 6.70. The molecule has 0 unspecified atom stereocenters. The first kappa shape index (κ1) is 23.1. The molecule has 5 nitrogen and oxygen atoms in total. The summed E-state index contributed by atoms with van der Waals surface area (Å²) < 4.78 is 8.08. The molecule has 1 saturated heterocycles. The highest BCUT2D eigenvalue weighted by Gasteiger charge is 2.43. The van der Waals surface area contributed by atoms with Gasteiger partial charge in [0, 0.05) is 23.3 Å². The van der Waals surface area contributed by atoms with Crippen LogP contribution in [0.25, 0.3) is 5.69 Å². The van der Waals surface area contributed by atoms with E-state index in [1.807, 2.05) is 36.5 Å². The topological polar surface area (TPSA) is 42.3 Å². The van der Waals surface area contributed by atoms with Crippen LogP contribution in [0.4, 0.5) is 5.69 Å². The van der Waals surface area contributed by atoms with Crippen molar-refractivity contribution in [3.05, 3.63) is 107 Å². The molecular weight excluding hydrogens is 452 g/mol. The van der Waals surface area contributed by atoms with E-state index in [4.69, 9.17) is 21.9 Å². The first-order chi connectivity index (χ1) is 16.9. The zero-order valence-corrected chi connectivity index (χ0v) is 21.6. The number of nitrogens with one attached hydrogen (secondary N) is 1. The summed E-state index contributed by atoms with van der Waals surface area (Å²) in [7, 11) is 1.70. The minimum atomic E-state index is -0.109. The Morgan fingerprint density at radius 2 is 1.63 bits per heavy atom. The van der Waals surface area contributed by atoms with Crippen LogP contribution in [0.5, 0.6) is 5.75 Å². The molecule has 2 aromatic heterocycles. The van der Waals surface area contributed by atoms with Crippen molar-refractivity contribution in [3.63, 3.8) is 0 Å². The molecule has 6 heteroatoms. The molecule has 0 radical (unpaired) electrons. The van der Waals surface area contributed by atoms with Crippen LogP contribution in [0.1, 0.15) is 45.9 Å². The second-order valence-corrected chi connectivity index (χ2v) is 9.56.